The Balaban J connectivity index is 3.38. The smallest absolute Gasteiger partial charge is 0.508 e. The second-order valence-electron chi connectivity index (χ2n) is 1.83. The highest BCUT2D eigenvalue weighted by Gasteiger charge is 2.23. The summed E-state index contributed by atoms with van der Waals surface area (Å²) >= 11 is 0. The fourth-order valence-corrected chi connectivity index (χ4v) is 0.627. The first-order chi connectivity index (χ1) is 4.06. The first-order valence-corrected chi connectivity index (χ1v) is 5.14. The Hall–Kier alpha value is -0.323. The molecule has 0 saturated heterocycles. The van der Waals surface area contributed by atoms with Crippen LogP contribution in [0.1, 0.15) is 13.3 Å². The Bertz CT molecular complexity index is 94.9. The molecule has 0 atom stereocenters. The molecule has 0 aromatic rings. The van der Waals surface area contributed by atoms with Crippen LogP contribution in [0, 0.1) is 0 Å². The van der Waals surface area contributed by atoms with E-state index >= 15 is 0 Å². The van der Waals surface area contributed by atoms with E-state index in [2.05, 4.69) is 4.43 Å². The molecule has 0 aromatic heterocycles. The summed E-state index contributed by atoms with van der Waals surface area (Å²) in [6, 6.07) is 0. The van der Waals surface area contributed by atoms with Gasteiger partial charge < -0.3 is 14.0 Å². The Labute approximate surface area is 56.0 Å². The van der Waals surface area contributed by atoms with Crippen molar-refractivity contribution >= 4 is 8.80 Å². The fraction of sp³-hybridized carbons (Fsp3) is 0.600. The molecule has 0 amide bonds. The summed E-state index contributed by atoms with van der Waals surface area (Å²) in [5, 5.41) is 0. The topological polar surface area (TPSA) is 49.7 Å². The highest BCUT2D eigenvalue weighted by molar-refractivity contribution is 6.56. The molecular formula is C5H12O3Si. The summed E-state index contributed by atoms with van der Waals surface area (Å²) in [6.07, 6.45) is 3.88. The van der Waals surface area contributed by atoms with E-state index in [9.17, 15) is 0 Å². The van der Waals surface area contributed by atoms with Gasteiger partial charge in [-0.2, -0.15) is 0 Å². The van der Waals surface area contributed by atoms with Gasteiger partial charge in [-0.05, 0) is 6.42 Å². The van der Waals surface area contributed by atoms with E-state index in [1.807, 2.05) is 6.92 Å². The van der Waals surface area contributed by atoms with Crippen LogP contribution in [-0.2, 0) is 4.43 Å². The summed E-state index contributed by atoms with van der Waals surface area (Å²) in [5.41, 5.74) is 0. The predicted octanol–water partition coefficient (Wildman–Crippen LogP) is 0.480. The molecule has 2 N–H and O–H groups in total. The minimum absolute atomic E-state index is 0.838. The maximum Gasteiger partial charge on any atom is 0.556 e. The van der Waals surface area contributed by atoms with E-state index in [1.54, 1.807) is 6.08 Å². The van der Waals surface area contributed by atoms with Crippen LogP contribution >= 0.6 is 0 Å². The monoisotopic (exact) mass is 148 g/mol. The van der Waals surface area contributed by atoms with E-state index in [1.165, 1.54) is 12.8 Å². The van der Waals surface area contributed by atoms with E-state index < -0.39 is 8.80 Å². The molecular weight excluding hydrogens is 136 g/mol. The van der Waals surface area contributed by atoms with E-state index in [0.29, 0.717) is 0 Å². The average molecular weight is 148 g/mol. The minimum atomic E-state index is -3.28. The van der Waals surface area contributed by atoms with Crippen molar-refractivity contribution < 1.29 is 14.0 Å². The van der Waals surface area contributed by atoms with Gasteiger partial charge in [0.15, 0.2) is 0 Å². The Morgan fingerprint density at radius 2 is 2.11 bits per heavy atom. The van der Waals surface area contributed by atoms with Gasteiger partial charge in [0, 0.05) is 6.55 Å². The van der Waals surface area contributed by atoms with Crippen molar-refractivity contribution in [3.8, 4) is 0 Å². The predicted molar refractivity (Wildman–Crippen MR) is 36.6 cm³/mol. The first-order valence-electron chi connectivity index (χ1n) is 2.84. The summed E-state index contributed by atoms with van der Waals surface area (Å²) in [6.45, 7) is 3.22. The van der Waals surface area contributed by atoms with Crippen LogP contribution in [0.25, 0.3) is 0 Å². The third kappa shape index (κ3) is 7.68. The molecule has 0 fully saturated rings. The normalized spacial score (nSPS) is 12.4. The highest BCUT2D eigenvalue weighted by atomic mass is 28.4. The van der Waals surface area contributed by atoms with Crippen molar-refractivity contribution in [3.63, 3.8) is 0 Å². The summed E-state index contributed by atoms with van der Waals surface area (Å²) in [7, 11) is -3.28. The molecule has 0 bridgehead atoms. The second kappa shape index (κ2) is 3.65. The van der Waals surface area contributed by atoms with Crippen molar-refractivity contribution in [2.75, 3.05) is 0 Å². The zero-order valence-electron chi connectivity index (χ0n) is 5.66. The first kappa shape index (κ1) is 8.68. The lowest BCUT2D eigenvalue weighted by atomic mass is 10.5. The van der Waals surface area contributed by atoms with Crippen LogP contribution in [0.2, 0.25) is 6.55 Å². The number of hydrogen-bond donors (Lipinski definition) is 2. The molecule has 0 heterocycles. The number of rotatable bonds is 3. The molecule has 54 valence electrons. The molecule has 0 saturated carbocycles. The third-order valence-electron chi connectivity index (χ3n) is 0.623. The van der Waals surface area contributed by atoms with E-state index in [4.69, 9.17) is 9.59 Å². The van der Waals surface area contributed by atoms with Crippen LogP contribution in [0.15, 0.2) is 12.3 Å². The van der Waals surface area contributed by atoms with Crippen molar-refractivity contribution in [2.45, 2.75) is 19.9 Å². The lowest BCUT2D eigenvalue weighted by molar-refractivity contribution is 0.220. The van der Waals surface area contributed by atoms with Crippen molar-refractivity contribution in [2.24, 2.45) is 0 Å². The maximum absolute atomic E-state index is 8.67. The van der Waals surface area contributed by atoms with E-state index in [-0.39, 0.29) is 0 Å². The maximum atomic E-state index is 8.67. The van der Waals surface area contributed by atoms with Crippen molar-refractivity contribution in [1.29, 1.82) is 0 Å². The Morgan fingerprint density at radius 3 is 2.44 bits per heavy atom. The SMILES string of the molecule is CC/C=C/O[Si](C)(O)O. The van der Waals surface area contributed by atoms with Gasteiger partial charge in [0.1, 0.15) is 0 Å². The Morgan fingerprint density at radius 1 is 1.56 bits per heavy atom. The second-order valence-corrected chi connectivity index (χ2v) is 3.94. The van der Waals surface area contributed by atoms with Crippen molar-refractivity contribution in [1.82, 2.24) is 0 Å². The molecule has 0 aliphatic rings. The molecule has 0 radical (unpaired) electrons. The van der Waals surface area contributed by atoms with Crippen LogP contribution in [0.3, 0.4) is 0 Å². The lowest BCUT2D eigenvalue weighted by Gasteiger charge is -2.08. The van der Waals surface area contributed by atoms with Gasteiger partial charge in [-0.3, -0.25) is 0 Å². The molecule has 4 heteroatoms. The average Bonchev–Trinajstić information content (AvgIpc) is 1.63. The zero-order valence-corrected chi connectivity index (χ0v) is 6.66. The van der Waals surface area contributed by atoms with Gasteiger partial charge in [0.05, 0.1) is 6.26 Å². The molecule has 0 spiro atoms. The molecule has 0 unspecified atom stereocenters. The quantitative estimate of drug-likeness (QED) is 0.452. The third-order valence-corrected chi connectivity index (χ3v) is 1.21. The van der Waals surface area contributed by atoms with Crippen LogP contribution in [-0.4, -0.2) is 18.4 Å². The highest BCUT2D eigenvalue weighted by Crippen LogP contribution is 1.94. The van der Waals surface area contributed by atoms with Crippen LogP contribution < -0.4 is 0 Å². The molecule has 9 heavy (non-hydrogen) atoms. The van der Waals surface area contributed by atoms with Crippen molar-refractivity contribution in [3.05, 3.63) is 12.3 Å². The van der Waals surface area contributed by atoms with E-state index in [0.717, 1.165) is 6.42 Å². The van der Waals surface area contributed by atoms with Crippen LogP contribution in [0.5, 0.6) is 0 Å². The standard InChI is InChI=1S/C5H12O3Si/c1-3-4-5-8-9(2,6)7/h4-7H,3H2,1-2H3/b5-4+. The molecule has 0 aliphatic carbocycles. The number of hydrogen-bond acceptors (Lipinski definition) is 3. The Kier molecular flexibility index (Phi) is 3.52. The molecule has 0 rings (SSSR count). The van der Waals surface area contributed by atoms with Gasteiger partial charge in [-0.15, -0.1) is 0 Å². The fourth-order valence-electron chi connectivity index (χ4n) is 0.273. The molecule has 0 aromatic carbocycles. The summed E-state index contributed by atoms with van der Waals surface area (Å²) < 4.78 is 4.54. The molecule has 3 nitrogen and oxygen atoms in total. The largest absolute Gasteiger partial charge is 0.556 e. The van der Waals surface area contributed by atoms with Gasteiger partial charge in [-0.25, -0.2) is 0 Å². The molecule has 0 aliphatic heterocycles. The zero-order chi connectivity index (χ0) is 7.33. The van der Waals surface area contributed by atoms with Gasteiger partial charge in [0.25, 0.3) is 0 Å². The van der Waals surface area contributed by atoms with Gasteiger partial charge in [-0.1, -0.05) is 13.0 Å². The summed E-state index contributed by atoms with van der Waals surface area (Å²) in [4.78, 5) is 17.3. The number of allylic oxidation sites excluding steroid dienone is 1. The van der Waals surface area contributed by atoms with Gasteiger partial charge >= 0.3 is 8.80 Å². The van der Waals surface area contributed by atoms with Gasteiger partial charge in [0.2, 0.25) is 0 Å². The summed E-state index contributed by atoms with van der Waals surface area (Å²) in [5.74, 6) is 0. The van der Waals surface area contributed by atoms with Crippen LogP contribution in [0.4, 0.5) is 0 Å². The lowest BCUT2D eigenvalue weighted by Crippen LogP contribution is -2.32. The minimum Gasteiger partial charge on any atom is -0.508 e.